The van der Waals surface area contributed by atoms with Crippen LogP contribution in [0.15, 0.2) is 65.3 Å². The maximum Gasteiger partial charge on any atom is 0.367 e. The Morgan fingerprint density at radius 1 is 1.16 bits per heavy atom. The monoisotopic (exact) mass is 334 g/mol. The zero-order valence-electron chi connectivity index (χ0n) is 13.6. The Kier molecular flexibility index (Phi) is 3.69. The standard InChI is InChI=1S/C20H15FN2O2/c1-13-17(20(24)25-22-13)11-16-10-14-6-3-5-9-19(14)23(16)12-15-7-2-4-8-18(15)21/h2-11H,12H2,1H3/b17-11+. The van der Waals surface area contributed by atoms with E-state index in [0.717, 1.165) is 16.6 Å². The predicted octanol–water partition coefficient (Wildman–Crippen LogP) is 4.14. The summed E-state index contributed by atoms with van der Waals surface area (Å²) in [5, 5.41) is 4.73. The first-order valence-corrected chi connectivity index (χ1v) is 7.93. The van der Waals surface area contributed by atoms with Crippen molar-refractivity contribution in [3.63, 3.8) is 0 Å². The van der Waals surface area contributed by atoms with E-state index in [0.29, 0.717) is 23.4 Å². The molecule has 25 heavy (non-hydrogen) atoms. The summed E-state index contributed by atoms with van der Waals surface area (Å²) in [7, 11) is 0. The second-order valence-electron chi connectivity index (χ2n) is 5.92. The average molecular weight is 334 g/mol. The second-order valence-corrected chi connectivity index (χ2v) is 5.92. The van der Waals surface area contributed by atoms with Crippen LogP contribution in [-0.2, 0) is 16.2 Å². The number of hydrogen-bond donors (Lipinski definition) is 0. The van der Waals surface area contributed by atoms with Crippen LogP contribution in [0, 0.1) is 5.82 Å². The van der Waals surface area contributed by atoms with Crippen LogP contribution in [0.25, 0.3) is 17.0 Å². The van der Waals surface area contributed by atoms with Gasteiger partial charge in [0, 0.05) is 22.2 Å². The molecular weight excluding hydrogens is 319 g/mol. The van der Waals surface area contributed by atoms with E-state index in [9.17, 15) is 9.18 Å². The zero-order valence-corrected chi connectivity index (χ0v) is 13.6. The van der Waals surface area contributed by atoms with Crippen LogP contribution in [-0.4, -0.2) is 16.2 Å². The zero-order chi connectivity index (χ0) is 17.4. The highest BCUT2D eigenvalue weighted by molar-refractivity contribution is 6.24. The van der Waals surface area contributed by atoms with E-state index < -0.39 is 5.97 Å². The first kappa shape index (κ1) is 15.3. The van der Waals surface area contributed by atoms with Gasteiger partial charge in [0.05, 0.1) is 17.8 Å². The fraction of sp³-hybridized carbons (Fsp3) is 0.100. The first-order chi connectivity index (χ1) is 12.1. The molecule has 0 atom stereocenters. The molecule has 0 bridgehead atoms. The minimum Gasteiger partial charge on any atom is -0.336 e. The summed E-state index contributed by atoms with van der Waals surface area (Å²) in [6.07, 6.45) is 1.75. The highest BCUT2D eigenvalue weighted by atomic mass is 19.1. The lowest BCUT2D eigenvalue weighted by molar-refractivity contribution is -0.136. The number of fused-ring (bicyclic) bond motifs is 1. The molecule has 2 aromatic carbocycles. The maximum atomic E-state index is 14.1. The molecule has 1 aromatic heterocycles. The Morgan fingerprint density at radius 3 is 2.68 bits per heavy atom. The second kappa shape index (κ2) is 6.02. The molecule has 0 radical (unpaired) electrons. The summed E-state index contributed by atoms with van der Waals surface area (Å²) in [5.41, 5.74) is 3.31. The van der Waals surface area contributed by atoms with Gasteiger partial charge in [0.25, 0.3) is 0 Å². The normalized spacial score (nSPS) is 15.7. The number of rotatable bonds is 3. The van der Waals surface area contributed by atoms with Crippen molar-refractivity contribution in [2.75, 3.05) is 0 Å². The van der Waals surface area contributed by atoms with E-state index in [-0.39, 0.29) is 5.82 Å². The van der Waals surface area contributed by atoms with Gasteiger partial charge in [0.2, 0.25) is 0 Å². The maximum absolute atomic E-state index is 14.1. The highest BCUT2D eigenvalue weighted by Crippen LogP contribution is 2.25. The molecular formula is C20H15FN2O2. The number of aromatic nitrogens is 1. The molecule has 0 aliphatic carbocycles. The van der Waals surface area contributed by atoms with Crippen molar-refractivity contribution < 1.29 is 14.0 Å². The summed E-state index contributed by atoms with van der Waals surface area (Å²) in [5.74, 6) is -0.725. The molecule has 0 unspecified atom stereocenters. The minimum absolute atomic E-state index is 0.253. The van der Waals surface area contributed by atoms with Crippen molar-refractivity contribution in [3.8, 4) is 0 Å². The van der Waals surface area contributed by atoms with Gasteiger partial charge in [0.1, 0.15) is 5.82 Å². The molecule has 0 fully saturated rings. The lowest BCUT2D eigenvalue weighted by Crippen LogP contribution is -2.06. The SMILES string of the molecule is CC1=NOC(=O)/C1=C/c1cc2ccccc2n1Cc1ccccc1F. The number of hydrogen-bond acceptors (Lipinski definition) is 3. The molecule has 5 heteroatoms. The number of halogens is 1. The number of oxime groups is 1. The first-order valence-electron chi connectivity index (χ1n) is 7.93. The van der Waals surface area contributed by atoms with E-state index >= 15 is 0 Å². The van der Waals surface area contributed by atoms with Crippen molar-refractivity contribution in [1.29, 1.82) is 0 Å². The van der Waals surface area contributed by atoms with E-state index in [4.69, 9.17) is 4.84 Å². The largest absolute Gasteiger partial charge is 0.367 e. The topological polar surface area (TPSA) is 43.6 Å². The van der Waals surface area contributed by atoms with Crippen LogP contribution >= 0.6 is 0 Å². The highest BCUT2D eigenvalue weighted by Gasteiger charge is 2.23. The Balaban J connectivity index is 1.87. The molecule has 1 aliphatic rings. The molecule has 0 N–H and O–H groups in total. The Labute approximate surface area is 143 Å². The van der Waals surface area contributed by atoms with Crippen molar-refractivity contribution in [2.24, 2.45) is 5.16 Å². The number of benzene rings is 2. The van der Waals surface area contributed by atoms with Crippen molar-refractivity contribution in [2.45, 2.75) is 13.5 Å². The van der Waals surface area contributed by atoms with Crippen LogP contribution in [0.5, 0.6) is 0 Å². The van der Waals surface area contributed by atoms with E-state index in [1.165, 1.54) is 6.07 Å². The van der Waals surface area contributed by atoms with Gasteiger partial charge in [-0.1, -0.05) is 41.6 Å². The molecule has 1 aliphatic heterocycles. The lowest BCUT2D eigenvalue weighted by atomic mass is 10.1. The summed E-state index contributed by atoms with van der Waals surface area (Å²) < 4.78 is 16.1. The van der Waals surface area contributed by atoms with Crippen LogP contribution in [0.4, 0.5) is 4.39 Å². The molecule has 3 aromatic rings. The molecule has 2 heterocycles. The fourth-order valence-electron chi connectivity index (χ4n) is 2.99. The number of carbonyl (C=O) groups excluding carboxylic acids is 1. The van der Waals surface area contributed by atoms with E-state index in [1.807, 2.05) is 41.0 Å². The summed E-state index contributed by atoms with van der Waals surface area (Å²) in [4.78, 5) is 16.6. The van der Waals surface area contributed by atoms with Gasteiger partial charge in [-0.05, 0) is 31.2 Å². The third-order valence-corrected chi connectivity index (χ3v) is 4.30. The third-order valence-electron chi connectivity index (χ3n) is 4.30. The van der Waals surface area contributed by atoms with E-state index in [1.54, 1.807) is 25.1 Å². The van der Waals surface area contributed by atoms with Crippen molar-refractivity contribution >= 4 is 28.7 Å². The Morgan fingerprint density at radius 2 is 1.92 bits per heavy atom. The van der Waals surface area contributed by atoms with E-state index in [2.05, 4.69) is 5.16 Å². The van der Waals surface area contributed by atoms with Gasteiger partial charge in [-0.3, -0.25) is 0 Å². The molecule has 4 nitrogen and oxygen atoms in total. The van der Waals surface area contributed by atoms with Crippen LogP contribution in [0.2, 0.25) is 0 Å². The van der Waals surface area contributed by atoms with Crippen LogP contribution in [0.3, 0.4) is 0 Å². The van der Waals surface area contributed by atoms with Gasteiger partial charge >= 0.3 is 5.97 Å². The third kappa shape index (κ3) is 2.74. The number of carbonyl (C=O) groups is 1. The average Bonchev–Trinajstić information content (AvgIpc) is 3.12. The van der Waals surface area contributed by atoms with Gasteiger partial charge in [-0.25, -0.2) is 9.18 Å². The molecule has 0 spiro atoms. The number of para-hydroxylation sites is 1. The Hall–Kier alpha value is -3.21. The smallest absolute Gasteiger partial charge is 0.336 e. The molecule has 0 amide bonds. The Bertz CT molecular complexity index is 1050. The lowest BCUT2D eigenvalue weighted by Gasteiger charge is -2.10. The van der Waals surface area contributed by atoms with Gasteiger partial charge < -0.3 is 9.40 Å². The van der Waals surface area contributed by atoms with Crippen LogP contribution in [0.1, 0.15) is 18.2 Å². The molecule has 0 saturated carbocycles. The number of nitrogens with zero attached hydrogens (tertiary/aromatic N) is 2. The minimum atomic E-state index is -0.472. The van der Waals surface area contributed by atoms with Gasteiger partial charge in [0.15, 0.2) is 0 Å². The summed E-state index contributed by atoms with van der Waals surface area (Å²) in [6.45, 7) is 2.09. The molecule has 124 valence electrons. The van der Waals surface area contributed by atoms with Gasteiger partial charge in [-0.15, -0.1) is 0 Å². The molecule has 4 rings (SSSR count). The van der Waals surface area contributed by atoms with Crippen LogP contribution < -0.4 is 0 Å². The molecule has 0 saturated heterocycles. The summed E-state index contributed by atoms with van der Waals surface area (Å²) in [6, 6.07) is 16.5. The fourth-order valence-corrected chi connectivity index (χ4v) is 2.99. The quantitative estimate of drug-likeness (QED) is 0.533. The van der Waals surface area contributed by atoms with Crippen molar-refractivity contribution in [3.05, 3.63) is 77.2 Å². The predicted molar refractivity (Wildman–Crippen MR) is 94.6 cm³/mol. The summed E-state index contributed by atoms with van der Waals surface area (Å²) >= 11 is 0. The van der Waals surface area contributed by atoms with Gasteiger partial charge in [-0.2, -0.15) is 0 Å². The van der Waals surface area contributed by atoms with Crippen molar-refractivity contribution in [1.82, 2.24) is 4.57 Å².